The van der Waals surface area contributed by atoms with Crippen LogP contribution in [0.2, 0.25) is 5.02 Å². The first-order valence-corrected chi connectivity index (χ1v) is 6.66. The van der Waals surface area contributed by atoms with Gasteiger partial charge >= 0.3 is 0 Å². The predicted molar refractivity (Wildman–Crippen MR) is 75.7 cm³/mol. The van der Waals surface area contributed by atoms with E-state index < -0.39 is 0 Å². The van der Waals surface area contributed by atoms with E-state index in [4.69, 9.17) is 16.3 Å². The van der Waals surface area contributed by atoms with E-state index in [9.17, 15) is 4.79 Å². The van der Waals surface area contributed by atoms with Crippen molar-refractivity contribution in [1.29, 1.82) is 0 Å². The molecule has 1 fully saturated rings. The molecule has 0 aliphatic heterocycles. The van der Waals surface area contributed by atoms with E-state index in [-0.39, 0.29) is 12.5 Å². The molecule has 0 spiro atoms. The van der Waals surface area contributed by atoms with Gasteiger partial charge in [0.05, 0.1) is 0 Å². The smallest absolute Gasteiger partial charge is 0.277 e. The summed E-state index contributed by atoms with van der Waals surface area (Å²) in [4.78, 5) is 11.6. The van der Waals surface area contributed by atoms with Crippen LogP contribution in [0.4, 0.5) is 0 Å². The van der Waals surface area contributed by atoms with Crippen LogP contribution >= 0.6 is 11.6 Å². The zero-order valence-electron chi connectivity index (χ0n) is 11.1. The lowest BCUT2D eigenvalue weighted by Crippen LogP contribution is -2.25. The summed E-state index contributed by atoms with van der Waals surface area (Å²) in [6.45, 7) is 3.76. The predicted octanol–water partition coefficient (Wildman–Crippen LogP) is 2.93. The molecule has 1 N–H and O–H groups in total. The van der Waals surface area contributed by atoms with E-state index in [2.05, 4.69) is 10.5 Å². The van der Waals surface area contributed by atoms with Gasteiger partial charge in [0.15, 0.2) is 6.61 Å². The van der Waals surface area contributed by atoms with Gasteiger partial charge in [0.1, 0.15) is 5.75 Å². The number of halogens is 1. The fourth-order valence-electron chi connectivity index (χ4n) is 1.69. The Hall–Kier alpha value is -1.55. The molecule has 0 unspecified atom stereocenters. The van der Waals surface area contributed by atoms with E-state index in [1.165, 1.54) is 12.8 Å². The Morgan fingerprint density at radius 2 is 2.26 bits per heavy atom. The maximum absolute atomic E-state index is 11.6. The van der Waals surface area contributed by atoms with Gasteiger partial charge in [-0.05, 0) is 56.4 Å². The van der Waals surface area contributed by atoms with Gasteiger partial charge in [-0.2, -0.15) is 5.10 Å². The maximum Gasteiger partial charge on any atom is 0.277 e. The number of nitrogens with one attached hydrogen (secondary N) is 1. The van der Waals surface area contributed by atoms with E-state index in [0.717, 1.165) is 11.3 Å². The number of aryl methyl sites for hydroxylation is 1. The number of carbonyl (C=O) groups excluding carboxylic acids is 1. The Morgan fingerprint density at radius 3 is 2.89 bits per heavy atom. The summed E-state index contributed by atoms with van der Waals surface area (Å²) < 4.78 is 5.42. The second-order valence-electron chi connectivity index (χ2n) is 4.76. The zero-order chi connectivity index (χ0) is 13.8. The standard InChI is InChI=1S/C14H17ClN2O2/c1-9-7-12(15)5-6-13(9)19-8-14(18)17-16-10(2)11-3-4-11/h5-7,11H,3-4,8H2,1-2H3,(H,17,18)/b16-10+. The van der Waals surface area contributed by atoms with Gasteiger partial charge in [-0.15, -0.1) is 0 Å². The molecule has 1 amide bonds. The molecule has 0 bridgehead atoms. The molecule has 1 aliphatic rings. The summed E-state index contributed by atoms with van der Waals surface area (Å²) in [5.41, 5.74) is 4.39. The zero-order valence-corrected chi connectivity index (χ0v) is 11.8. The third kappa shape index (κ3) is 4.24. The van der Waals surface area contributed by atoms with Crippen molar-refractivity contribution >= 4 is 23.2 Å². The Bertz CT molecular complexity index is 510. The first kappa shape index (κ1) is 13.9. The van der Waals surface area contributed by atoms with Crippen LogP contribution in [0.25, 0.3) is 0 Å². The molecule has 0 saturated heterocycles. The van der Waals surface area contributed by atoms with Crippen LogP contribution in [0.1, 0.15) is 25.3 Å². The molecule has 1 saturated carbocycles. The quantitative estimate of drug-likeness (QED) is 0.666. The number of rotatable bonds is 5. The van der Waals surface area contributed by atoms with Gasteiger partial charge < -0.3 is 4.74 Å². The lowest BCUT2D eigenvalue weighted by atomic mass is 10.2. The lowest BCUT2D eigenvalue weighted by molar-refractivity contribution is -0.123. The van der Waals surface area contributed by atoms with Crippen molar-refractivity contribution in [1.82, 2.24) is 5.43 Å². The van der Waals surface area contributed by atoms with Crippen LogP contribution in [-0.2, 0) is 4.79 Å². The van der Waals surface area contributed by atoms with Gasteiger partial charge in [-0.3, -0.25) is 4.79 Å². The number of carbonyl (C=O) groups is 1. The highest BCUT2D eigenvalue weighted by Crippen LogP contribution is 2.30. The summed E-state index contributed by atoms with van der Waals surface area (Å²) in [6, 6.07) is 5.28. The lowest BCUT2D eigenvalue weighted by Gasteiger charge is -2.08. The van der Waals surface area contributed by atoms with Gasteiger partial charge in [0, 0.05) is 10.7 Å². The molecule has 102 valence electrons. The molecule has 19 heavy (non-hydrogen) atoms. The maximum atomic E-state index is 11.6. The SMILES string of the molecule is C/C(=N\NC(=O)COc1ccc(Cl)cc1C)C1CC1. The molecule has 0 radical (unpaired) electrons. The minimum absolute atomic E-state index is 0.0517. The molecular formula is C14H17ClN2O2. The van der Waals surface area contributed by atoms with Crippen molar-refractivity contribution in [3.8, 4) is 5.75 Å². The minimum Gasteiger partial charge on any atom is -0.483 e. The third-order valence-corrected chi connectivity index (χ3v) is 3.26. The van der Waals surface area contributed by atoms with E-state index in [1.807, 2.05) is 13.8 Å². The summed E-state index contributed by atoms with van der Waals surface area (Å²) >= 11 is 5.85. The second-order valence-corrected chi connectivity index (χ2v) is 5.20. The average Bonchev–Trinajstić information content (AvgIpc) is 3.19. The summed E-state index contributed by atoms with van der Waals surface area (Å²) in [6.07, 6.45) is 2.34. The average molecular weight is 281 g/mol. The highest BCUT2D eigenvalue weighted by Gasteiger charge is 2.24. The fraction of sp³-hybridized carbons (Fsp3) is 0.429. The van der Waals surface area contributed by atoms with E-state index >= 15 is 0 Å². The van der Waals surface area contributed by atoms with E-state index in [1.54, 1.807) is 18.2 Å². The second kappa shape index (κ2) is 6.06. The molecule has 0 heterocycles. The fourth-order valence-corrected chi connectivity index (χ4v) is 1.92. The molecular weight excluding hydrogens is 264 g/mol. The van der Waals surface area contributed by atoms with E-state index in [0.29, 0.717) is 16.7 Å². The molecule has 0 atom stereocenters. The Labute approximate surface area is 117 Å². The Kier molecular flexibility index (Phi) is 4.43. The molecule has 1 aromatic carbocycles. The van der Waals surface area contributed by atoms with Gasteiger partial charge in [0.2, 0.25) is 0 Å². The number of nitrogens with zero attached hydrogens (tertiary/aromatic N) is 1. The van der Waals surface area contributed by atoms with Crippen LogP contribution in [0.3, 0.4) is 0 Å². The highest BCUT2D eigenvalue weighted by atomic mass is 35.5. The number of hydrogen-bond donors (Lipinski definition) is 1. The van der Waals surface area contributed by atoms with Crippen molar-refractivity contribution in [2.24, 2.45) is 11.0 Å². The number of amides is 1. The first-order valence-electron chi connectivity index (χ1n) is 6.28. The van der Waals surface area contributed by atoms with Crippen LogP contribution in [0, 0.1) is 12.8 Å². The number of hydrogen-bond acceptors (Lipinski definition) is 3. The van der Waals surface area contributed by atoms with Crippen molar-refractivity contribution in [3.63, 3.8) is 0 Å². The van der Waals surface area contributed by atoms with Crippen molar-refractivity contribution < 1.29 is 9.53 Å². The van der Waals surface area contributed by atoms with Gasteiger partial charge in [0.25, 0.3) is 5.91 Å². The summed E-state index contributed by atoms with van der Waals surface area (Å²) in [7, 11) is 0. The number of hydrazone groups is 1. The van der Waals surface area contributed by atoms with Crippen LogP contribution in [0.5, 0.6) is 5.75 Å². The number of ether oxygens (including phenoxy) is 1. The molecule has 5 heteroatoms. The topological polar surface area (TPSA) is 50.7 Å². The van der Waals surface area contributed by atoms with Crippen molar-refractivity contribution in [2.45, 2.75) is 26.7 Å². The summed E-state index contributed by atoms with van der Waals surface area (Å²) in [5, 5.41) is 4.70. The molecule has 4 nitrogen and oxygen atoms in total. The third-order valence-electron chi connectivity index (χ3n) is 3.02. The Balaban J connectivity index is 1.81. The normalized spacial score (nSPS) is 15.2. The molecule has 1 aromatic rings. The first-order chi connectivity index (χ1) is 9.06. The summed E-state index contributed by atoms with van der Waals surface area (Å²) in [5.74, 6) is 0.955. The van der Waals surface area contributed by atoms with Crippen molar-refractivity contribution in [3.05, 3.63) is 28.8 Å². The monoisotopic (exact) mass is 280 g/mol. The number of benzene rings is 1. The van der Waals surface area contributed by atoms with Crippen LogP contribution in [0.15, 0.2) is 23.3 Å². The van der Waals surface area contributed by atoms with Gasteiger partial charge in [-0.25, -0.2) is 5.43 Å². The van der Waals surface area contributed by atoms with Crippen LogP contribution in [-0.4, -0.2) is 18.2 Å². The minimum atomic E-state index is -0.255. The molecule has 1 aliphatic carbocycles. The van der Waals surface area contributed by atoms with Crippen molar-refractivity contribution in [2.75, 3.05) is 6.61 Å². The molecule has 0 aromatic heterocycles. The Morgan fingerprint density at radius 1 is 1.53 bits per heavy atom. The van der Waals surface area contributed by atoms with Gasteiger partial charge in [-0.1, -0.05) is 11.6 Å². The highest BCUT2D eigenvalue weighted by molar-refractivity contribution is 6.30. The largest absolute Gasteiger partial charge is 0.483 e. The van der Waals surface area contributed by atoms with Crippen LogP contribution < -0.4 is 10.2 Å². The molecule has 2 rings (SSSR count).